The van der Waals surface area contributed by atoms with E-state index in [1.165, 1.54) is 24.1 Å². The molecule has 192 valence electrons. The van der Waals surface area contributed by atoms with Crippen molar-refractivity contribution < 1.29 is 14.0 Å². The Morgan fingerprint density at radius 3 is 2.62 bits per heavy atom. The van der Waals surface area contributed by atoms with Gasteiger partial charge in [0.2, 0.25) is 5.91 Å². The Balaban J connectivity index is 1.58. The number of aromatic nitrogens is 4. The van der Waals surface area contributed by atoms with Gasteiger partial charge >= 0.3 is 0 Å². The van der Waals surface area contributed by atoms with Gasteiger partial charge in [-0.3, -0.25) is 19.0 Å². The number of rotatable bonds is 5. The molecule has 0 atom stereocenters. The molecule has 1 fully saturated rings. The third-order valence-corrected chi connectivity index (χ3v) is 7.14. The highest BCUT2D eigenvalue weighted by molar-refractivity contribution is 6.35. The molecule has 1 saturated heterocycles. The second kappa shape index (κ2) is 9.11. The third kappa shape index (κ3) is 4.55. The fourth-order valence-corrected chi connectivity index (χ4v) is 5.02. The molecule has 0 aliphatic carbocycles. The summed E-state index contributed by atoms with van der Waals surface area (Å²) in [6.07, 6.45) is 1.52. The number of aryl methyl sites for hydroxylation is 2. The first-order valence-electron chi connectivity index (χ1n) is 11.5. The Morgan fingerprint density at radius 1 is 1.22 bits per heavy atom. The van der Waals surface area contributed by atoms with Crippen LogP contribution in [0.15, 0.2) is 35.3 Å². The van der Waals surface area contributed by atoms with E-state index in [-0.39, 0.29) is 37.4 Å². The molecular weight excluding hydrogens is 522 g/mol. The number of amides is 2. The number of likely N-dealkylation sites (tertiary alicyclic amines) is 1. The van der Waals surface area contributed by atoms with Gasteiger partial charge in [-0.25, -0.2) is 14.4 Å². The number of hydrogen-bond acceptors (Lipinski definition) is 5. The number of nitrogens with one attached hydrogen (secondary N) is 1. The van der Waals surface area contributed by atoms with Crippen LogP contribution in [0.25, 0.3) is 22.1 Å². The largest absolute Gasteiger partial charge is 0.348 e. The smallest absolute Gasteiger partial charge is 0.265 e. The van der Waals surface area contributed by atoms with Crippen LogP contribution in [-0.2, 0) is 24.9 Å². The number of carbonyl (C=O) groups is 2. The molecule has 12 heteroatoms. The van der Waals surface area contributed by atoms with Gasteiger partial charge in [-0.2, -0.15) is 0 Å². The Bertz CT molecular complexity index is 1650. The number of benzene rings is 1. The molecule has 0 bridgehead atoms. The second-order valence-electron chi connectivity index (χ2n) is 9.48. The van der Waals surface area contributed by atoms with Gasteiger partial charge in [-0.05, 0) is 37.6 Å². The fourth-order valence-electron chi connectivity index (χ4n) is 4.54. The maximum Gasteiger partial charge on any atom is 0.265 e. The molecule has 4 aromatic rings. The van der Waals surface area contributed by atoms with Gasteiger partial charge in [0.1, 0.15) is 34.8 Å². The molecule has 1 aliphatic rings. The zero-order valence-corrected chi connectivity index (χ0v) is 21.8. The lowest BCUT2D eigenvalue weighted by atomic mass is 9.99. The van der Waals surface area contributed by atoms with E-state index in [2.05, 4.69) is 15.3 Å². The number of imidazole rings is 1. The molecule has 0 saturated carbocycles. The van der Waals surface area contributed by atoms with E-state index in [0.29, 0.717) is 37.9 Å². The summed E-state index contributed by atoms with van der Waals surface area (Å²) in [5.74, 6) is -0.369. The van der Waals surface area contributed by atoms with Gasteiger partial charge in [0.25, 0.3) is 11.5 Å². The van der Waals surface area contributed by atoms with E-state index in [0.717, 1.165) is 4.57 Å². The quantitative estimate of drug-likeness (QED) is 0.414. The highest BCUT2D eigenvalue weighted by Crippen LogP contribution is 2.27. The number of halogens is 3. The zero-order valence-electron chi connectivity index (χ0n) is 20.3. The van der Waals surface area contributed by atoms with Crippen LogP contribution in [0.4, 0.5) is 4.39 Å². The Labute approximate surface area is 220 Å². The van der Waals surface area contributed by atoms with Gasteiger partial charge in [0, 0.05) is 29.0 Å². The van der Waals surface area contributed by atoms with Crippen LogP contribution in [0.3, 0.4) is 0 Å². The van der Waals surface area contributed by atoms with Gasteiger partial charge in [0.15, 0.2) is 0 Å². The summed E-state index contributed by atoms with van der Waals surface area (Å²) in [6.45, 7) is 2.80. The number of fused-ring (bicyclic) bond motifs is 3. The lowest BCUT2D eigenvalue weighted by Crippen LogP contribution is -2.60. The van der Waals surface area contributed by atoms with E-state index in [9.17, 15) is 18.8 Å². The predicted octanol–water partition coefficient (Wildman–Crippen LogP) is 3.40. The molecule has 0 radical (unpaired) electrons. The summed E-state index contributed by atoms with van der Waals surface area (Å²) in [5.41, 5.74) is -0.210. The molecule has 1 aliphatic heterocycles. The summed E-state index contributed by atoms with van der Waals surface area (Å²) in [4.78, 5) is 49.9. The van der Waals surface area contributed by atoms with Crippen molar-refractivity contribution in [2.24, 2.45) is 7.05 Å². The molecule has 9 nitrogen and oxygen atoms in total. The minimum Gasteiger partial charge on any atom is -0.348 e. The zero-order chi connectivity index (χ0) is 26.6. The van der Waals surface area contributed by atoms with Crippen LogP contribution in [0, 0.1) is 6.92 Å². The molecule has 5 rings (SSSR count). The molecule has 4 heterocycles. The fraction of sp³-hybridized carbons (Fsp3) is 0.320. The normalized spacial score (nSPS) is 14.7. The number of carbonyl (C=O) groups excluding carboxylic acids is 2. The maximum atomic E-state index is 14.0. The first kappa shape index (κ1) is 25.2. The van der Waals surface area contributed by atoms with Gasteiger partial charge in [0.05, 0.1) is 24.8 Å². The van der Waals surface area contributed by atoms with Crippen molar-refractivity contribution in [1.82, 2.24) is 29.3 Å². The molecule has 1 aromatic carbocycles. The van der Waals surface area contributed by atoms with Crippen molar-refractivity contribution in [3.05, 3.63) is 67.8 Å². The monoisotopic (exact) mass is 544 g/mol. The Morgan fingerprint density at radius 2 is 1.95 bits per heavy atom. The molecule has 0 spiro atoms. The first-order chi connectivity index (χ1) is 17.4. The molecule has 1 N–H and O–H groups in total. The molecular formula is C25H23Cl2FN6O3. The van der Waals surface area contributed by atoms with E-state index in [1.54, 1.807) is 18.2 Å². The van der Waals surface area contributed by atoms with Crippen molar-refractivity contribution in [3.63, 3.8) is 0 Å². The van der Waals surface area contributed by atoms with Gasteiger partial charge in [-0.15, -0.1) is 0 Å². The predicted molar refractivity (Wildman–Crippen MR) is 139 cm³/mol. The van der Waals surface area contributed by atoms with Crippen molar-refractivity contribution in [2.45, 2.75) is 32.6 Å². The van der Waals surface area contributed by atoms with E-state index in [1.807, 2.05) is 18.5 Å². The second-order valence-corrected chi connectivity index (χ2v) is 10.3. The molecule has 0 unspecified atom stereocenters. The average molecular weight is 545 g/mol. The summed E-state index contributed by atoms with van der Waals surface area (Å²) in [7, 11) is 1.81. The van der Waals surface area contributed by atoms with Crippen LogP contribution < -0.4 is 10.9 Å². The van der Waals surface area contributed by atoms with Crippen molar-refractivity contribution in [3.8, 4) is 0 Å². The summed E-state index contributed by atoms with van der Waals surface area (Å²) >= 11 is 12.2. The average Bonchev–Trinajstić information content (AvgIpc) is 3.11. The topological polar surface area (TPSA) is 102 Å². The van der Waals surface area contributed by atoms with Crippen molar-refractivity contribution in [1.29, 1.82) is 0 Å². The van der Waals surface area contributed by atoms with Crippen molar-refractivity contribution >= 4 is 57.1 Å². The minimum absolute atomic E-state index is 0.0564. The lowest BCUT2D eigenvalue weighted by molar-refractivity contribution is -0.144. The van der Waals surface area contributed by atoms with Crippen molar-refractivity contribution in [2.75, 3.05) is 13.1 Å². The highest BCUT2D eigenvalue weighted by atomic mass is 35.5. The Kier molecular flexibility index (Phi) is 6.19. The maximum absolute atomic E-state index is 14.0. The number of pyridine rings is 2. The summed E-state index contributed by atoms with van der Waals surface area (Å²) < 4.78 is 17.0. The standard InChI is InChI=1S/C25H23Cl2FN6O3/c1-13-31-19-9-29-22-16(21(19)32(13)3)7-17(23(36)30-8-14-4-5-15(26)6-18(14)27)24(37)34(22)10-20(35)33-11-25(2,28)12-33/h4-7,9H,8,10-12H2,1-3H3,(H,30,36). The number of hydrogen-bond donors (Lipinski definition) is 1. The van der Waals surface area contributed by atoms with Crippen LogP contribution in [-0.4, -0.2) is 54.6 Å². The summed E-state index contributed by atoms with van der Waals surface area (Å²) in [5, 5.41) is 4.04. The highest BCUT2D eigenvalue weighted by Gasteiger charge is 2.41. The van der Waals surface area contributed by atoms with Gasteiger partial charge < -0.3 is 14.8 Å². The minimum atomic E-state index is -1.45. The van der Waals surface area contributed by atoms with Gasteiger partial charge in [-0.1, -0.05) is 29.3 Å². The number of nitrogens with zero attached hydrogens (tertiary/aromatic N) is 5. The first-order valence-corrected chi connectivity index (χ1v) is 12.3. The van der Waals surface area contributed by atoms with Crippen LogP contribution in [0.5, 0.6) is 0 Å². The van der Waals surface area contributed by atoms with E-state index in [4.69, 9.17) is 23.2 Å². The Hall–Kier alpha value is -3.50. The lowest BCUT2D eigenvalue weighted by Gasteiger charge is -2.42. The van der Waals surface area contributed by atoms with E-state index < -0.39 is 23.0 Å². The molecule has 3 aromatic heterocycles. The van der Waals surface area contributed by atoms with Crippen LogP contribution in [0.1, 0.15) is 28.7 Å². The SMILES string of the molecule is Cc1nc2cnc3c(cc(C(=O)NCc4ccc(Cl)cc4Cl)c(=O)n3CC(=O)N3CC(C)(F)C3)c2n1C. The molecule has 37 heavy (non-hydrogen) atoms. The third-order valence-electron chi connectivity index (χ3n) is 6.56. The van der Waals surface area contributed by atoms with Crippen LogP contribution >= 0.6 is 23.2 Å². The van der Waals surface area contributed by atoms with E-state index >= 15 is 0 Å². The summed E-state index contributed by atoms with van der Waals surface area (Å²) in [6, 6.07) is 6.36. The van der Waals surface area contributed by atoms with Crippen LogP contribution in [0.2, 0.25) is 10.0 Å². The molecule has 2 amide bonds. The number of alkyl halides is 1.